The summed E-state index contributed by atoms with van der Waals surface area (Å²) in [5.74, 6) is 0. The van der Waals surface area contributed by atoms with E-state index in [9.17, 15) is 8.22 Å². The van der Waals surface area contributed by atoms with Crippen molar-refractivity contribution in [3.05, 3.63) is 157 Å². The van der Waals surface area contributed by atoms with Gasteiger partial charge in [0.05, 0.1) is 34.3 Å². The monoisotopic (exact) mass is 521 g/mol. The van der Waals surface area contributed by atoms with E-state index < -0.39 is 217 Å². The first kappa shape index (κ1) is 8.79. The minimum absolute atomic E-state index is 0.190. The molecule has 0 fully saturated rings. The van der Waals surface area contributed by atoms with Crippen LogP contribution in [0.2, 0.25) is 0 Å². The van der Waals surface area contributed by atoms with Gasteiger partial charge in [-0.3, -0.25) is 0 Å². The van der Waals surface area contributed by atoms with Gasteiger partial charge in [-0.1, -0.05) is 151 Å². The van der Waals surface area contributed by atoms with Crippen molar-refractivity contribution in [3.63, 3.8) is 0 Å². The second-order valence-electron chi connectivity index (χ2n) is 8.25. The fourth-order valence-corrected chi connectivity index (χ4v) is 4.38. The molecule has 0 aliphatic rings. The Morgan fingerprint density at radius 1 is 0.333 bits per heavy atom. The molecule has 7 aromatic carbocycles. The van der Waals surface area contributed by atoms with E-state index in [-0.39, 0.29) is 5.56 Å². The normalized spacial score (nSPS) is 20.2. The van der Waals surface area contributed by atoms with E-state index in [1.807, 2.05) is 0 Å². The number of hydrogen-bond acceptors (Lipinski definition) is 0. The van der Waals surface area contributed by atoms with Crippen LogP contribution in [0, 0.1) is 6.92 Å². The Morgan fingerprint density at radius 2 is 0.718 bits per heavy atom. The molecule has 0 aromatic heterocycles. The quantitative estimate of drug-likeness (QED) is 0.202. The van der Waals surface area contributed by atoms with Gasteiger partial charge in [0.2, 0.25) is 0 Å². The summed E-state index contributed by atoms with van der Waals surface area (Å²) in [6.07, 6.45) is 0. The van der Waals surface area contributed by atoms with E-state index in [1.165, 1.54) is 6.92 Å². The van der Waals surface area contributed by atoms with Gasteiger partial charge in [-0.15, -0.1) is 0 Å². The van der Waals surface area contributed by atoms with Crippen molar-refractivity contribution in [1.82, 2.24) is 0 Å². The first-order chi connectivity index (χ1) is 29.7. The van der Waals surface area contributed by atoms with E-state index in [0.29, 0.717) is 0 Å². The third kappa shape index (κ3) is 4.02. The lowest BCUT2D eigenvalue weighted by atomic mass is 9.85. The molecule has 0 spiro atoms. The van der Waals surface area contributed by atoms with E-state index in [2.05, 4.69) is 0 Å². The van der Waals surface area contributed by atoms with Crippen LogP contribution in [0.3, 0.4) is 0 Å². The van der Waals surface area contributed by atoms with Crippen molar-refractivity contribution in [3.8, 4) is 44.5 Å². The predicted octanol–water partition coefficient (Wildman–Crippen LogP) is 11.0. The summed E-state index contributed by atoms with van der Waals surface area (Å²) < 4.78 is 220. The maximum Gasteiger partial charge on any atom is 0.0629 e. The molecule has 0 aliphatic heterocycles. The zero-order chi connectivity index (χ0) is 47.9. The minimum atomic E-state index is -1.07. The molecule has 39 heavy (non-hydrogen) atoms. The summed E-state index contributed by atoms with van der Waals surface area (Å²) in [7, 11) is 0. The maximum absolute atomic E-state index is 9.47. The zero-order valence-corrected chi connectivity index (χ0v) is 20.0. The van der Waals surface area contributed by atoms with E-state index in [4.69, 9.17) is 26.0 Å². The molecule has 7 aromatic rings. The van der Waals surface area contributed by atoms with Crippen molar-refractivity contribution in [2.24, 2.45) is 0 Å². The highest BCUT2D eigenvalue weighted by Gasteiger charge is 2.16. The number of hydrogen-bond donors (Lipinski definition) is 0. The van der Waals surface area contributed by atoms with E-state index >= 15 is 0 Å². The standard InChI is InChI=1S/C39H28/c1-27-13-5-6-16-31(27)33-18-8-7-17-32(33)28-23-25-30(26-24-28)39-36-21-11-9-19-34(36)38(29-14-3-2-4-15-29)35-20-10-12-22-37(35)39/h2-26H,1H3/i2D,3D,4D,5D,6D,7D,8D,9D,10D,11D,12D,13D,14D,15D,16D,17D,18D,19D,20D,21D,22D,23D,24D,25D,26D. The minimum Gasteiger partial charge on any atom is -0.0622 e. The van der Waals surface area contributed by atoms with Gasteiger partial charge in [-0.2, -0.15) is 0 Å². The molecule has 0 heteroatoms. The fraction of sp³-hybridized carbons (Fsp3) is 0.0256. The molecule has 0 radical (unpaired) electrons. The average Bonchev–Trinajstić information content (AvgIpc) is 3.26. The predicted molar refractivity (Wildman–Crippen MR) is 168 cm³/mol. The van der Waals surface area contributed by atoms with Crippen LogP contribution >= 0.6 is 0 Å². The second-order valence-corrected chi connectivity index (χ2v) is 8.25. The van der Waals surface area contributed by atoms with Crippen LogP contribution in [0.5, 0.6) is 0 Å². The summed E-state index contributed by atoms with van der Waals surface area (Å²) in [6, 6.07) is -22.7. The SMILES string of the molecule is [2H]c1c([2H])c([2H])c(-c2c3c([2H])c([2H])c([2H])c([2H])c3c(-c3c([2H])c([2H])c(-c4c([2H])c([2H])c([2H])c([2H])c4-c4c([2H])c([2H])c([2H])c([2H])c4C)c([2H])c3[2H])c3c([2H])c([2H])c([2H])c([2H])c23)c([2H])c1[2H]. The first-order valence-corrected chi connectivity index (χ1v) is 11.5. The smallest absolute Gasteiger partial charge is 0.0622 e. The van der Waals surface area contributed by atoms with E-state index in [1.54, 1.807) is 0 Å². The fourth-order valence-electron chi connectivity index (χ4n) is 4.38. The molecule has 0 atom stereocenters. The van der Waals surface area contributed by atoms with Crippen LogP contribution in [-0.2, 0) is 0 Å². The molecule has 7 rings (SSSR count). The highest BCUT2D eigenvalue weighted by molar-refractivity contribution is 6.21. The highest BCUT2D eigenvalue weighted by Crippen LogP contribution is 2.44. The zero-order valence-electron chi connectivity index (χ0n) is 45.0. The van der Waals surface area contributed by atoms with Crippen molar-refractivity contribution in [2.45, 2.75) is 6.92 Å². The molecule has 0 nitrogen and oxygen atoms in total. The largest absolute Gasteiger partial charge is 0.0629 e. The Bertz CT molecular complexity index is 3170. The Balaban J connectivity index is 1.80. The molecular weight excluding hydrogens is 468 g/mol. The van der Waals surface area contributed by atoms with Gasteiger partial charge < -0.3 is 0 Å². The average molecular weight is 522 g/mol. The van der Waals surface area contributed by atoms with Gasteiger partial charge in [-0.25, -0.2) is 0 Å². The summed E-state index contributed by atoms with van der Waals surface area (Å²) in [5.41, 5.74) is -5.68. The van der Waals surface area contributed by atoms with Crippen LogP contribution in [0.25, 0.3) is 66.1 Å². The molecule has 0 N–H and O–H groups in total. The Hall–Kier alpha value is -4.94. The topological polar surface area (TPSA) is 0 Å². The third-order valence-electron chi connectivity index (χ3n) is 6.06. The van der Waals surface area contributed by atoms with Gasteiger partial charge in [0.25, 0.3) is 0 Å². The summed E-state index contributed by atoms with van der Waals surface area (Å²) >= 11 is 0. The van der Waals surface area contributed by atoms with Crippen LogP contribution in [0.15, 0.2) is 151 Å². The molecule has 0 heterocycles. The third-order valence-corrected chi connectivity index (χ3v) is 6.06. The Morgan fingerprint density at radius 3 is 1.28 bits per heavy atom. The van der Waals surface area contributed by atoms with Crippen molar-refractivity contribution in [1.29, 1.82) is 0 Å². The number of rotatable bonds is 4. The van der Waals surface area contributed by atoms with Gasteiger partial charge >= 0.3 is 0 Å². The number of benzene rings is 7. The van der Waals surface area contributed by atoms with Crippen LogP contribution in [0.1, 0.15) is 39.8 Å². The maximum atomic E-state index is 9.47. The van der Waals surface area contributed by atoms with Gasteiger partial charge in [0.15, 0.2) is 0 Å². The van der Waals surface area contributed by atoms with Gasteiger partial charge in [-0.05, 0) is 78.5 Å². The van der Waals surface area contributed by atoms with Crippen LogP contribution in [0.4, 0.5) is 0 Å². The summed E-state index contributed by atoms with van der Waals surface area (Å²) in [5, 5.41) is -2.74. The number of fused-ring (bicyclic) bond motifs is 2. The van der Waals surface area contributed by atoms with E-state index in [0.717, 1.165) is 0 Å². The Labute approximate surface area is 265 Å². The molecule has 184 valence electrons. The Kier molecular flexibility index (Phi) is 2.20. The molecular formula is C39H28. The lowest BCUT2D eigenvalue weighted by molar-refractivity contribution is 1.46. The lowest BCUT2D eigenvalue weighted by Gasteiger charge is -2.18. The molecule has 0 aliphatic carbocycles. The molecule has 0 saturated heterocycles. The molecule has 0 amide bonds. The second kappa shape index (κ2) is 9.74. The molecule has 0 bridgehead atoms. The van der Waals surface area contributed by atoms with Crippen LogP contribution < -0.4 is 0 Å². The van der Waals surface area contributed by atoms with Gasteiger partial charge in [0.1, 0.15) is 0 Å². The summed E-state index contributed by atoms with van der Waals surface area (Å²) in [4.78, 5) is 0. The molecule has 0 saturated carbocycles. The van der Waals surface area contributed by atoms with Gasteiger partial charge in [0, 0.05) is 0 Å². The summed E-state index contributed by atoms with van der Waals surface area (Å²) in [6.45, 7) is 1.25. The van der Waals surface area contributed by atoms with Crippen molar-refractivity contribution in [2.75, 3.05) is 0 Å². The van der Waals surface area contributed by atoms with Crippen molar-refractivity contribution < 1.29 is 34.3 Å². The first-order valence-electron chi connectivity index (χ1n) is 24.0. The lowest BCUT2D eigenvalue weighted by Crippen LogP contribution is -1.91. The van der Waals surface area contributed by atoms with Crippen LogP contribution in [-0.4, -0.2) is 0 Å². The van der Waals surface area contributed by atoms with Crippen molar-refractivity contribution >= 4 is 21.5 Å². The molecule has 0 unspecified atom stereocenters. The highest BCUT2D eigenvalue weighted by atomic mass is 14.2.